The summed E-state index contributed by atoms with van der Waals surface area (Å²) in [6, 6.07) is 19.2. The lowest BCUT2D eigenvalue weighted by molar-refractivity contribution is -0.137. The molecular weight excluding hydrogens is 907 g/mol. The number of piperidine rings is 2. The van der Waals surface area contributed by atoms with Gasteiger partial charge in [0.1, 0.15) is 17.6 Å². The van der Waals surface area contributed by atoms with Gasteiger partial charge in [-0.1, -0.05) is 80.1 Å². The SMILES string of the molecule is COc1cc(C(=O)N2CCC[C@@]3(C[C@H]3C#Cc3cccc4c3CN([C@@H]3CCC(=O)NC3=O)C4=O)C2)ccc1NC(=O)[C@@H]1N[C@@H](CC(C)(C)C)[C@@]2(CNc3cc(Cl)ccc32)[C@H]1c1cccc(Cl)c1F. The van der Waals surface area contributed by atoms with Crippen molar-refractivity contribution in [2.24, 2.45) is 16.7 Å². The van der Waals surface area contributed by atoms with Crippen LogP contribution in [0.2, 0.25) is 10.0 Å². The summed E-state index contributed by atoms with van der Waals surface area (Å²) in [4.78, 5) is 70.2. The maximum absolute atomic E-state index is 16.3. The van der Waals surface area contributed by atoms with Crippen molar-refractivity contribution in [2.75, 3.05) is 37.4 Å². The van der Waals surface area contributed by atoms with Gasteiger partial charge in [0.2, 0.25) is 17.7 Å². The molecule has 15 heteroatoms. The Morgan fingerprint density at radius 3 is 2.62 bits per heavy atom. The number of benzene rings is 4. The molecule has 1 aliphatic carbocycles. The predicted octanol–water partition coefficient (Wildman–Crippen LogP) is 8.06. The van der Waals surface area contributed by atoms with Crippen LogP contribution in [0.15, 0.2) is 72.8 Å². The van der Waals surface area contributed by atoms with Gasteiger partial charge in [0.05, 0.1) is 23.9 Å². The van der Waals surface area contributed by atoms with Crippen molar-refractivity contribution in [1.82, 2.24) is 20.4 Å². The summed E-state index contributed by atoms with van der Waals surface area (Å²) in [5.41, 5.74) is 3.88. The number of likely N-dealkylation sites (tertiary alicyclic amines) is 1. The molecule has 2 spiro atoms. The lowest BCUT2D eigenvalue weighted by atomic mass is 9.63. The van der Waals surface area contributed by atoms with Gasteiger partial charge in [0.25, 0.3) is 11.8 Å². The van der Waals surface area contributed by atoms with Crippen LogP contribution < -0.4 is 26.0 Å². The van der Waals surface area contributed by atoms with Gasteiger partial charge in [-0.3, -0.25) is 29.3 Å². The van der Waals surface area contributed by atoms with Crippen molar-refractivity contribution in [1.29, 1.82) is 0 Å². The molecule has 352 valence electrons. The van der Waals surface area contributed by atoms with E-state index in [1.54, 1.807) is 42.5 Å². The number of rotatable bonds is 7. The van der Waals surface area contributed by atoms with Crippen LogP contribution in [-0.2, 0) is 26.3 Å². The van der Waals surface area contributed by atoms with Crippen molar-refractivity contribution in [3.8, 4) is 17.6 Å². The minimum Gasteiger partial charge on any atom is -0.495 e. The average Bonchev–Trinajstić information content (AvgIpc) is 3.51. The van der Waals surface area contributed by atoms with E-state index in [0.717, 1.165) is 41.6 Å². The second-order valence-electron chi connectivity index (χ2n) is 20.5. The highest BCUT2D eigenvalue weighted by Gasteiger charge is 2.62. The van der Waals surface area contributed by atoms with Gasteiger partial charge < -0.3 is 30.5 Å². The van der Waals surface area contributed by atoms with Crippen LogP contribution in [0.1, 0.15) is 108 Å². The van der Waals surface area contributed by atoms with Crippen LogP contribution in [0, 0.1) is 34.4 Å². The zero-order chi connectivity index (χ0) is 47.9. The summed E-state index contributed by atoms with van der Waals surface area (Å²) in [7, 11) is 1.49. The highest BCUT2D eigenvalue weighted by molar-refractivity contribution is 6.31. The van der Waals surface area contributed by atoms with Crippen molar-refractivity contribution in [3.05, 3.63) is 122 Å². The lowest BCUT2D eigenvalue weighted by Gasteiger charge is -2.39. The number of carbonyl (C=O) groups is 5. The fraction of sp³-hybridized carbons (Fsp3) is 0.415. The Hall–Kier alpha value is -5.94. The molecule has 12 nitrogen and oxygen atoms in total. The first-order chi connectivity index (χ1) is 32.5. The number of methoxy groups -OCH3 is 1. The van der Waals surface area contributed by atoms with Crippen molar-refractivity contribution >= 4 is 64.1 Å². The number of hydrogen-bond acceptors (Lipinski definition) is 8. The first-order valence-electron chi connectivity index (χ1n) is 23.3. The fourth-order valence-corrected chi connectivity index (χ4v) is 12.1. The molecule has 0 bridgehead atoms. The summed E-state index contributed by atoms with van der Waals surface area (Å²) >= 11 is 12.9. The Kier molecular flexibility index (Phi) is 11.6. The third-order valence-electron chi connectivity index (χ3n) is 15.1. The summed E-state index contributed by atoms with van der Waals surface area (Å²) in [6.07, 6.45) is 3.74. The number of ether oxygens (including phenoxy) is 1. The smallest absolute Gasteiger partial charge is 0.255 e. The van der Waals surface area contributed by atoms with Crippen LogP contribution >= 0.6 is 23.2 Å². The van der Waals surface area contributed by atoms with E-state index in [2.05, 4.69) is 53.9 Å². The molecular formula is C53H53Cl2FN6O6. The molecule has 0 aromatic heterocycles. The minimum absolute atomic E-state index is 0.0274. The molecule has 3 saturated heterocycles. The monoisotopic (exact) mass is 958 g/mol. The first kappa shape index (κ1) is 45.8. The van der Waals surface area contributed by atoms with Crippen molar-refractivity contribution in [2.45, 2.75) is 95.3 Å². The highest BCUT2D eigenvalue weighted by atomic mass is 35.5. The summed E-state index contributed by atoms with van der Waals surface area (Å²) in [6.45, 7) is 8.25. The van der Waals surface area contributed by atoms with E-state index in [-0.39, 0.29) is 70.8 Å². The van der Waals surface area contributed by atoms with Crippen LogP contribution in [0.5, 0.6) is 5.75 Å². The van der Waals surface area contributed by atoms with Gasteiger partial charge in [0, 0.05) is 88.7 Å². The van der Waals surface area contributed by atoms with Crippen LogP contribution in [0.25, 0.3) is 0 Å². The molecule has 4 aromatic rings. The summed E-state index contributed by atoms with van der Waals surface area (Å²) < 4.78 is 22.2. The quantitative estimate of drug-likeness (QED) is 0.108. The number of fused-ring (bicyclic) bond motifs is 3. The summed E-state index contributed by atoms with van der Waals surface area (Å²) in [5, 5.41) is 13.2. The van der Waals surface area contributed by atoms with E-state index in [1.165, 1.54) is 18.1 Å². The molecule has 7 atom stereocenters. The van der Waals surface area contributed by atoms with Crippen molar-refractivity contribution in [3.63, 3.8) is 0 Å². The third kappa shape index (κ3) is 7.98. The van der Waals surface area contributed by atoms with Gasteiger partial charge in [-0.15, -0.1) is 0 Å². The molecule has 1 saturated carbocycles. The van der Waals surface area contributed by atoms with E-state index in [4.69, 9.17) is 27.9 Å². The Morgan fingerprint density at radius 2 is 1.84 bits per heavy atom. The minimum atomic E-state index is -0.901. The molecule has 4 N–H and O–H groups in total. The largest absolute Gasteiger partial charge is 0.495 e. The molecule has 5 aliphatic heterocycles. The standard InChI is InChI=1S/C53H53Cl2FN6O6/c1-51(2,3)25-42-53(27-57-39-23-32(54)15-16-36(39)53)44(34-10-6-11-37(55)45(34)56)46(59-42)48(65)58-38-17-13-30(22-41(38)68-4)49(66)61-21-7-20-52(28-61)24-31(52)14-12-29-8-5-9-33-35(29)26-62(50(33)67)40-18-19-43(63)60-47(40)64/h5-6,8-11,13,15-17,22-23,31,40,42,44,46,57,59H,7,18-21,24-28H2,1-4H3,(H,58,65)(H,60,63,64)/t31-,40-,42+,44+,46-,52-,53+/m1/s1. The number of anilines is 2. The maximum Gasteiger partial charge on any atom is 0.255 e. The molecule has 5 amide bonds. The Bertz CT molecular complexity index is 2870. The Balaban J connectivity index is 0.864. The average molecular weight is 960 g/mol. The Morgan fingerprint density at radius 1 is 1.03 bits per heavy atom. The van der Waals surface area contributed by atoms with Gasteiger partial charge in [-0.2, -0.15) is 0 Å². The van der Waals surface area contributed by atoms with E-state index in [1.807, 2.05) is 29.2 Å². The molecule has 5 heterocycles. The zero-order valence-electron chi connectivity index (χ0n) is 38.4. The maximum atomic E-state index is 16.3. The number of hydrogen-bond donors (Lipinski definition) is 4. The number of nitrogens with zero attached hydrogens (tertiary/aromatic N) is 2. The Labute approximate surface area is 405 Å². The van der Waals surface area contributed by atoms with Crippen LogP contribution in [0.3, 0.4) is 0 Å². The molecule has 0 radical (unpaired) electrons. The second-order valence-corrected chi connectivity index (χ2v) is 21.4. The lowest BCUT2D eigenvalue weighted by Crippen LogP contribution is -2.52. The first-order valence-corrected chi connectivity index (χ1v) is 24.1. The molecule has 0 unspecified atom stereocenters. The normalized spacial score (nSPS) is 27.0. The van der Waals surface area contributed by atoms with Gasteiger partial charge >= 0.3 is 0 Å². The number of carbonyl (C=O) groups excluding carboxylic acids is 5. The number of amides is 5. The zero-order valence-corrected chi connectivity index (χ0v) is 39.9. The van der Waals surface area contributed by atoms with E-state index in [0.29, 0.717) is 59.2 Å². The predicted molar refractivity (Wildman–Crippen MR) is 257 cm³/mol. The van der Waals surface area contributed by atoms with E-state index < -0.39 is 35.1 Å². The van der Waals surface area contributed by atoms with E-state index in [9.17, 15) is 24.0 Å². The number of halogens is 3. The molecule has 68 heavy (non-hydrogen) atoms. The molecule has 4 aromatic carbocycles. The number of nitrogens with one attached hydrogen (secondary N) is 4. The topological polar surface area (TPSA) is 149 Å². The molecule has 4 fully saturated rings. The fourth-order valence-electron chi connectivity index (χ4n) is 11.8. The van der Waals surface area contributed by atoms with Crippen LogP contribution in [-0.4, -0.2) is 84.2 Å². The van der Waals surface area contributed by atoms with Crippen molar-refractivity contribution < 1.29 is 33.1 Å². The third-order valence-corrected chi connectivity index (χ3v) is 15.6. The highest BCUT2D eigenvalue weighted by Crippen LogP contribution is 2.59. The molecule has 6 aliphatic rings. The van der Waals surface area contributed by atoms with Crippen LogP contribution in [0.4, 0.5) is 15.8 Å². The summed E-state index contributed by atoms with van der Waals surface area (Å²) in [5.74, 6) is 4.36. The van der Waals surface area contributed by atoms with E-state index >= 15 is 4.39 Å². The van der Waals surface area contributed by atoms with Gasteiger partial charge in [-0.25, -0.2) is 4.39 Å². The van der Waals surface area contributed by atoms with Gasteiger partial charge in [0.15, 0.2) is 0 Å². The molecule has 10 rings (SSSR count). The second kappa shape index (κ2) is 17.2. The van der Waals surface area contributed by atoms with Gasteiger partial charge in [-0.05, 0) is 103 Å². The number of imide groups is 1.